The van der Waals surface area contributed by atoms with Crippen LogP contribution in [0.4, 0.5) is 5.13 Å². The second-order valence-corrected chi connectivity index (χ2v) is 10.9. The zero-order valence-electron chi connectivity index (χ0n) is 23.2. The minimum absolute atomic E-state index is 0.114. The average Bonchev–Trinajstić information content (AvgIpc) is 3.49. The molecule has 2 aromatic carbocycles. The van der Waals surface area contributed by atoms with Gasteiger partial charge in [-0.25, -0.2) is 4.98 Å². The van der Waals surface area contributed by atoms with Gasteiger partial charge in [-0.2, -0.15) is 0 Å². The van der Waals surface area contributed by atoms with E-state index in [9.17, 15) is 9.59 Å². The van der Waals surface area contributed by atoms with E-state index in [1.165, 1.54) is 18.4 Å². The molecule has 0 saturated carbocycles. The third-order valence-electron chi connectivity index (χ3n) is 7.15. The first kappa shape index (κ1) is 28.3. The van der Waals surface area contributed by atoms with Crippen LogP contribution in [-0.2, 0) is 32.7 Å². The van der Waals surface area contributed by atoms with Gasteiger partial charge in [0.25, 0.3) is 0 Å². The van der Waals surface area contributed by atoms with Gasteiger partial charge in [0.05, 0.1) is 26.1 Å². The maximum absolute atomic E-state index is 12.9. The summed E-state index contributed by atoms with van der Waals surface area (Å²) in [6, 6.07) is 15.7. The maximum atomic E-state index is 12.9. The Balaban J connectivity index is 1.32. The lowest BCUT2D eigenvalue weighted by molar-refractivity contribution is -0.140. The Kier molecular flexibility index (Phi) is 8.61. The van der Waals surface area contributed by atoms with Crippen molar-refractivity contribution in [1.82, 2.24) is 15.3 Å². The number of benzene rings is 2. The molecule has 4 aromatic rings. The van der Waals surface area contributed by atoms with Crippen molar-refractivity contribution in [3.8, 4) is 28.5 Å². The second kappa shape index (κ2) is 12.5. The number of pyridine rings is 1. The third kappa shape index (κ3) is 6.72. The summed E-state index contributed by atoms with van der Waals surface area (Å²) in [5.41, 5.74) is 4.33. The summed E-state index contributed by atoms with van der Waals surface area (Å²) in [6.07, 6.45) is 5.37. The SMILES string of the molecule is COC(=O)CCc1ccc(-c2ccc(Oc3cc4c(cc3OC)CCN[C@]4(C)CC(=O)Nc3nccs3)cn2)cc1. The van der Waals surface area contributed by atoms with E-state index >= 15 is 0 Å². The molecule has 1 amide bonds. The topological polar surface area (TPSA) is 112 Å². The van der Waals surface area contributed by atoms with Gasteiger partial charge in [0.2, 0.25) is 5.91 Å². The first-order chi connectivity index (χ1) is 19.9. The van der Waals surface area contributed by atoms with Crippen LogP contribution >= 0.6 is 11.3 Å². The van der Waals surface area contributed by atoms with Gasteiger partial charge in [0.1, 0.15) is 5.75 Å². The van der Waals surface area contributed by atoms with E-state index in [4.69, 9.17) is 14.2 Å². The standard InChI is InChI=1S/C31H32N4O5S/c1-31(18-28(36)35-30-32-14-15-41-30)24-17-27(26(38-2)16-22(24)12-13-34-31)40-23-9-10-25(33-19-23)21-7-4-20(5-8-21)6-11-29(37)39-3/h4-5,7-10,14-17,19,34H,6,11-13,18H2,1-3H3,(H,32,35,36)/t31-/m1/s1. The number of ether oxygens (including phenoxy) is 3. The van der Waals surface area contributed by atoms with E-state index in [1.54, 1.807) is 19.5 Å². The molecule has 41 heavy (non-hydrogen) atoms. The fourth-order valence-corrected chi connectivity index (χ4v) is 5.53. The van der Waals surface area contributed by atoms with Crippen LogP contribution in [0.15, 0.2) is 66.3 Å². The molecule has 0 unspecified atom stereocenters. The molecular weight excluding hydrogens is 540 g/mol. The number of methoxy groups -OCH3 is 2. The summed E-state index contributed by atoms with van der Waals surface area (Å²) in [5, 5.41) is 8.82. The largest absolute Gasteiger partial charge is 0.493 e. The number of anilines is 1. The van der Waals surface area contributed by atoms with Crippen molar-refractivity contribution in [2.45, 2.75) is 38.1 Å². The number of carbonyl (C=O) groups excluding carboxylic acids is 2. The summed E-state index contributed by atoms with van der Waals surface area (Å²) < 4.78 is 16.6. The molecule has 0 saturated heterocycles. The van der Waals surface area contributed by atoms with Crippen LogP contribution in [0.3, 0.4) is 0 Å². The summed E-state index contributed by atoms with van der Waals surface area (Å²) in [4.78, 5) is 33.0. The fourth-order valence-electron chi connectivity index (χ4n) is 4.99. The zero-order valence-corrected chi connectivity index (χ0v) is 24.0. The van der Waals surface area contributed by atoms with Crippen molar-refractivity contribution in [3.63, 3.8) is 0 Å². The van der Waals surface area contributed by atoms with Gasteiger partial charge >= 0.3 is 5.97 Å². The molecule has 0 spiro atoms. The van der Waals surface area contributed by atoms with Gasteiger partial charge in [0.15, 0.2) is 16.6 Å². The average molecular weight is 573 g/mol. The van der Waals surface area contributed by atoms with Crippen molar-refractivity contribution >= 4 is 28.3 Å². The summed E-state index contributed by atoms with van der Waals surface area (Å²) in [7, 11) is 3.01. The summed E-state index contributed by atoms with van der Waals surface area (Å²) in [5.74, 6) is 1.39. The molecule has 2 aromatic heterocycles. The van der Waals surface area contributed by atoms with E-state index < -0.39 is 5.54 Å². The maximum Gasteiger partial charge on any atom is 0.305 e. The zero-order chi connectivity index (χ0) is 28.8. The highest BCUT2D eigenvalue weighted by Gasteiger charge is 2.35. The molecule has 1 aliphatic rings. The number of esters is 1. The van der Waals surface area contributed by atoms with Gasteiger partial charge < -0.3 is 24.8 Å². The molecule has 0 fully saturated rings. The number of aryl methyl sites for hydroxylation is 1. The van der Waals surface area contributed by atoms with E-state index in [0.29, 0.717) is 35.2 Å². The molecule has 212 valence electrons. The van der Waals surface area contributed by atoms with Gasteiger partial charge in [-0.1, -0.05) is 24.3 Å². The number of aromatic nitrogens is 2. The molecule has 1 aliphatic heterocycles. The van der Waals surface area contributed by atoms with E-state index in [0.717, 1.165) is 40.9 Å². The van der Waals surface area contributed by atoms with Gasteiger partial charge in [-0.05, 0) is 60.7 Å². The Hall–Kier alpha value is -4.28. The lowest BCUT2D eigenvalue weighted by Crippen LogP contribution is -2.47. The van der Waals surface area contributed by atoms with E-state index in [-0.39, 0.29) is 18.3 Å². The van der Waals surface area contributed by atoms with Crippen LogP contribution in [0.5, 0.6) is 17.2 Å². The first-order valence-corrected chi connectivity index (χ1v) is 14.2. The number of carbonyl (C=O) groups is 2. The lowest BCUT2D eigenvalue weighted by Gasteiger charge is -2.37. The van der Waals surface area contributed by atoms with Crippen molar-refractivity contribution in [2.24, 2.45) is 0 Å². The molecule has 10 heteroatoms. The molecule has 0 radical (unpaired) electrons. The van der Waals surface area contributed by atoms with Crippen LogP contribution < -0.4 is 20.1 Å². The molecule has 0 aliphatic carbocycles. The second-order valence-electron chi connectivity index (χ2n) is 9.99. The summed E-state index contributed by atoms with van der Waals surface area (Å²) in [6.45, 7) is 2.77. The number of nitrogens with zero attached hydrogens (tertiary/aromatic N) is 2. The first-order valence-electron chi connectivity index (χ1n) is 13.3. The molecule has 3 heterocycles. The Bertz CT molecular complexity index is 1510. The predicted octanol–water partition coefficient (Wildman–Crippen LogP) is 5.50. The highest BCUT2D eigenvalue weighted by Crippen LogP contribution is 2.41. The Labute approximate surface area is 242 Å². The molecule has 1 atom stereocenters. The highest BCUT2D eigenvalue weighted by atomic mass is 32.1. The van der Waals surface area contributed by atoms with Gasteiger partial charge in [-0.3, -0.25) is 14.6 Å². The van der Waals surface area contributed by atoms with Gasteiger partial charge in [0, 0.05) is 42.1 Å². The van der Waals surface area contributed by atoms with Crippen molar-refractivity contribution < 1.29 is 23.8 Å². The van der Waals surface area contributed by atoms with Crippen molar-refractivity contribution in [3.05, 3.63) is 83.0 Å². The highest BCUT2D eigenvalue weighted by molar-refractivity contribution is 7.13. The number of hydrogen-bond acceptors (Lipinski definition) is 9. The van der Waals surface area contributed by atoms with Crippen molar-refractivity contribution in [1.29, 1.82) is 0 Å². The minimum Gasteiger partial charge on any atom is -0.493 e. The smallest absolute Gasteiger partial charge is 0.305 e. The normalized spacial score (nSPS) is 16.0. The van der Waals surface area contributed by atoms with Crippen LogP contribution in [-0.4, -0.2) is 42.6 Å². The molecular formula is C31H32N4O5S. The monoisotopic (exact) mass is 572 g/mol. The Morgan fingerprint density at radius 1 is 1.07 bits per heavy atom. The fraction of sp³-hybridized carbons (Fsp3) is 0.290. The van der Waals surface area contributed by atoms with Crippen LogP contribution in [0, 0.1) is 0 Å². The Morgan fingerprint density at radius 2 is 1.90 bits per heavy atom. The van der Waals surface area contributed by atoms with E-state index in [2.05, 4.69) is 20.6 Å². The number of fused-ring (bicyclic) bond motifs is 1. The Morgan fingerprint density at radius 3 is 2.59 bits per heavy atom. The number of amides is 1. The lowest BCUT2D eigenvalue weighted by atomic mass is 9.81. The van der Waals surface area contributed by atoms with E-state index in [1.807, 2.05) is 60.8 Å². The number of nitrogens with one attached hydrogen (secondary N) is 2. The van der Waals surface area contributed by atoms with Crippen LogP contribution in [0.1, 0.15) is 36.5 Å². The summed E-state index contributed by atoms with van der Waals surface area (Å²) >= 11 is 1.39. The number of rotatable bonds is 10. The van der Waals surface area contributed by atoms with Crippen molar-refractivity contribution in [2.75, 3.05) is 26.1 Å². The molecule has 5 rings (SSSR count). The molecule has 9 nitrogen and oxygen atoms in total. The quantitative estimate of drug-likeness (QED) is 0.240. The van der Waals surface area contributed by atoms with Crippen LogP contribution in [0.2, 0.25) is 0 Å². The predicted molar refractivity (Wildman–Crippen MR) is 157 cm³/mol. The van der Waals surface area contributed by atoms with Gasteiger partial charge in [-0.15, -0.1) is 11.3 Å². The van der Waals surface area contributed by atoms with Crippen LogP contribution in [0.25, 0.3) is 11.3 Å². The molecule has 2 N–H and O–H groups in total. The third-order valence-corrected chi connectivity index (χ3v) is 7.83. The minimum atomic E-state index is -0.593. The number of thiazole rings is 1. The number of hydrogen-bond donors (Lipinski definition) is 2. The molecule has 0 bridgehead atoms.